The van der Waals surface area contributed by atoms with Crippen LogP contribution in [0, 0.1) is 0 Å². The first-order chi connectivity index (χ1) is 8.41. The predicted molar refractivity (Wildman–Crippen MR) is 65.4 cm³/mol. The first kappa shape index (κ1) is 13.9. The van der Waals surface area contributed by atoms with Crippen LogP contribution in [0.1, 0.15) is 31.1 Å². The van der Waals surface area contributed by atoms with Gasteiger partial charge in [-0.2, -0.15) is 0 Å². The molecule has 5 heteroatoms. The van der Waals surface area contributed by atoms with E-state index in [2.05, 4.69) is 5.32 Å². The minimum absolute atomic E-state index is 0.145. The van der Waals surface area contributed by atoms with Crippen molar-refractivity contribution in [2.24, 2.45) is 0 Å². The number of esters is 1. The number of ketones is 1. The first-order valence-electron chi connectivity index (χ1n) is 5.50. The zero-order valence-corrected chi connectivity index (χ0v) is 10.5. The Morgan fingerprint density at radius 2 is 1.78 bits per heavy atom. The molecule has 5 nitrogen and oxygen atoms in total. The van der Waals surface area contributed by atoms with E-state index < -0.39 is 17.9 Å². The molecule has 0 aromatic heterocycles. The highest BCUT2D eigenvalue weighted by Crippen LogP contribution is 2.18. The maximum atomic E-state index is 11.9. The monoisotopic (exact) mass is 249 g/mol. The van der Waals surface area contributed by atoms with E-state index in [1.54, 1.807) is 19.1 Å². The summed E-state index contributed by atoms with van der Waals surface area (Å²) in [7, 11) is 0. The quantitative estimate of drug-likeness (QED) is 0.645. The maximum absolute atomic E-state index is 11.9. The summed E-state index contributed by atoms with van der Waals surface area (Å²) in [6.45, 7) is 4.24. The molecule has 96 valence electrons. The third-order valence-electron chi connectivity index (χ3n) is 2.34. The van der Waals surface area contributed by atoms with E-state index in [-0.39, 0.29) is 17.1 Å². The summed E-state index contributed by atoms with van der Waals surface area (Å²) in [6.07, 6.45) is 0. The molecular weight excluding hydrogens is 234 g/mol. The third-order valence-corrected chi connectivity index (χ3v) is 2.34. The molecule has 1 unspecified atom stereocenters. The van der Waals surface area contributed by atoms with Crippen LogP contribution in [0.5, 0.6) is 5.75 Å². The highest BCUT2D eigenvalue weighted by Gasteiger charge is 2.17. The van der Waals surface area contributed by atoms with Crippen LogP contribution in [0.25, 0.3) is 0 Å². The van der Waals surface area contributed by atoms with Crippen LogP contribution in [-0.4, -0.2) is 23.7 Å². The van der Waals surface area contributed by atoms with Gasteiger partial charge in [0.15, 0.2) is 5.78 Å². The van der Waals surface area contributed by atoms with Gasteiger partial charge in [-0.3, -0.25) is 14.4 Å². The molecular formula is C13H15NO4. The molecule has 1 rings (SSSR count). The topological polar surface area (TPSA) is 72.5 Å². The molecule has 1 aromatic rings. The Morgan fingerprint density at radius 3 is 2.33 bits per heavy atom. The fourth-order valence-corrected chi connectivity index (χ4v) is 1.27. The molecule has 0 radical (unpaired) electrons. The van der Waals surface area contributed by atoms with Gasteiger partial charge in [-0.1, -0.05) is 12.1 Å². The fourth-order valence-electron chi connectivity index (χ4n) is 1.27. The van der Waals surface area contributed by atoms with Gasteiger partial charge in [0.1, 0.15) is 5.75 Å². The van der Waals surface area contributed by atoms with E-state index in [0.29, 0.717) is 0 Å². The smallest absolute Gasteiger partial charge is 0.308 e. The van der Waals surface area contributed by atoms with Gasteiger partial charge in [0.25, 0.3) is 5.91 Å². The van der Waals surface area contributed by atoms with Crippen molar-refractivity contribution in [2.75, 3.05) is 0 Å². The summed E-state index contributed by atoms with van der Waals surface area (Å²) in [4.78, 5) is 33.9. The van der Waals surface area contributed by atoms with E-state index in [1.807, 2.05) is 0 Å². The molecule has 0 aliphatic heterocycles. The average Bonchev–Trinajstić information content (AvgIpc) is 2.28. The second-order valence-electron chi connectivity index (χ2n) is 3.90. The standard InChI is InChI=1S/C13H15NO4/c1-8(9(2)15)14-13(17)11-6-4-5-7-12(11)18-10(3)16/h4-8H,1-3H3,(H,14,17). The highest BCUT2D eigenvalue weighted by atomic mass is 16.5. The molecule has 0 heterocycles. The molecule has 0 spiro atoms. The van der Waals surface area contributed by atoms with Crippen LogP contribution >= 0.6 is 0 Å². The van der Waals surface area contributed by atoms with Crippen LogP contribution in [0.3, 0.4) is 0 Å². The summed E-state index contributed by atoms with van der Waals surface area (Å²) >= 11 is 0. The van der Waals surface area contributed by atoms with Crippen LogP contribution < -0.4 is 10.1 Å². The average molecular weight is 249 g/mol. The molecule has 18 heavy (non-hydrogen) atoms. The number of Topliss-reactive ketones (excluding diaryl/α,β-unsaturated/α-hetero) is 1. The number of ether oxygens (including phenoxy) is 1. The fraction of sp³-hybridized carbons (Fsp3) is 0.308. The number of carbonyl (C=O) groups excluding carboxylic acids is 3. The number of hydrogen-bond donors (Lipinski definition) is 1. The number of nitrogens with one attached hydrogen (secondary N) is 1. The number of rotatable bonds is 4. The number of hydrogen-bond acceptors (Lipinski definition) is 4. The SMILES string of the molecule is CC(=O)Oc1ccccc1C(=O)NC(C)C(C)=O. The zero-order chi connectivity index (χ0) is 13.7. The van der Waals surface area contributed by atoms with Gasteiger partial charge >= 0.3 is 5.97 Å². The van der Waals surface area contributed by atoms with Crippen molar-refractivity contribution in [3.05, 3.63) is 29.8 Å². The summed E-state index contributed by atoms with van der Waals surface area (Å²) < 4.78 is 4.92. The van der Waals surface area contributed by atoms with Gasteiger partial charge in [-0.15, -0.1) is 0 Å². The lowest BCUT2D eigenvalue weighted by atomic mass is 10.1. The lowest BCUT2D eigenvalue weighted by Gasteiger charge is -2.12. The summed E-state index contributed by atoms with van der Waals surface area (Å²) in [5.41, 5.74) is 0.223. The van der Waals surface area contributed by atoms with Gasteiger partial charge in [0, 0.05) is 6.92 Å². The van der Waals surface area contributed by atoms with E-state index >= 15 is 0 Å². The number of amides is 1. The lowest BCUT2D eigenvalue weighted by molar-refractivity contribution is -0.131. The Hall–Kier alpha value is -2.17. The second kappa shape index (κ2) is 5.95. The summed E-state index contributed by atoms with van der Waals surface area (Å²) in [5.74, 6) is -0.920. The minimum Gasteiger partial charge on any atom is -0.426 e. The molecule has 0 saturated heterocycles. The number of para-hydroxylation sites is 1. The molecule has 0 bridgehead atoms. The Balaban J connectivity index is 2.91. The van der Waals surface area contributed by atoms with Crippen molar-refractivity contribution in [2.45, 2.75) is 26.8 Å². The second-order valence-corrected chi connectivity index (χ2v) is 3.90. The molecule has 0 aliphatic rings. The molecule has 1 aromatic carbocycles. The molecule has 1 N–H and O–H groups in total. The minimum atomic E-state index is -0.581. The zero-order valence-electron chi connectivity index (χ0n) is 10.5. The normalized spacial score (nSPS) is 11.5. The Morgan fingerprint density at radius 1 is 1.17 bits per heavy atom. The van der Waals surface area contributed by atoms with Crippen LogP contribution in [0.15, 0.2) is 24.3 Å². The highest BCUT2D eigenvalue weighted by molar-refractivity contribution is 6.00. The van der Waals surface area contributed by atoms with Crippen molar-refractivity contribution in [1.82, 2.24) is 5.32 Å². The van der Waals surface area contributed by atoms with Crippen LogP contribution in [0.4, 0.5) is 0 Å². The molecule has 0 fully saturated rings. The molecule has 1 atom stereocenters. The van der Waals surface area contributed by atoms with Crippen molar-refractivity contribution >= 4 is 17.7 Å². The van der Waals surface area contributed by atoms with Crippen molar-refractivity contribution in [1.29, 1.82) is 0 Å². The third kappa shape index (κ3) is 3.69. The van der Waals surface area contributed by atoms with Crippen molar-refractivity contribution in [3.63, 3.8) is 0 Å². The van der Waals surface area contributed by atoms with E-state index in [1.165, 1.54) is 26.0 Å². The number of carbonyl (C=O) groups is 3. The Kier molecular flexibility index (Phi) is 4.59. The number of benzene rings is 1. The van der Waals surface area contributed by atoms with E-state index in [4.69, 9.17) is 4.74 Å². The van der Waals surface area contributed by atoms with Gasteiger partial charge in [0.2, 0.25) is 0 Å². The van der Waals surface area contributed by atoms with Crippen LogP contribution in [-0.2, 0) is 9.59 Å². The molecule has 1 amide bonds. The van der Waals surface area contributed by atoms with E-state index in [0.717, 1.165) is 0 Å². The van der Waals surface area contributed by atoms with Gasteiger partial charge in [-0.05, 0) is 26.0 Å². The Labute approximate surface area is 105 Å². The summed E-state index contributed by atoms with van der Waals surface area (Å²) in [5, 5.41) is 2.53. The molecule has 0 saturated carbocycles. The van der Waals surface area contributed by atoms with Crippen LogP contribution in [0.2, 0.25) is 0 Å². The largest absolute Gasteiger partial charge is 0.426 e. The van der Waals surface area contributed by atoms with Gasteiger partial charge < -0.3 is 10.1 Å². The molecule has 0 aliphatic carbocycles. The van der Waals surface area contributed by atoms with Gasteiger partial charge in [0.05, 0.1) is 11.6 Å². The maximum Gasteiger partial charge on any atom is 0.308 e. The van der Waals surface area contributed by atoms with Crippen molar-refractivity contribution < 1.29 is 19.1 Å². The van der Waals surface area contributed by atoms with E-state index in [9.17, 15) is 14.4 Å². The van der Waals surface area contributed by atoms with Crippen molar-refractivity contribution in [3.8, 4) is 5.75 Å². The summed E-state index contributed by atoms with van der Waals surface area (Å²) in [6, 6.07) is 5.78. The first-order valence-corrected chi connectivity index (χ1v) is 5.50. The Bertz CT molecular complexity index is 482. The predicted octanol–water partition coefficient (Wildman–Crippen LogP) is 1.32. The lowest BCUT2D eigenvalue weighted by Crippen LogP contribution is -2.37. The van der Waals surface area contributed by atoms with Gasteiger partial charge in [-0.25, -0.2) is 0 Å².